The highest BCUT2D eigenvalue weighted by Crippen LogP contribution is 2.12. The van der Waals surface area contributed by atoms with Crippen LogP contribution in [0.2, 0.25) is 5.15 Å². The molecule has 94 valence electrons. The van der Waals surface area contributed by atoms with Gasteiger partial charge >= 0.3 is 0 Å². The highest BCUT2D eigenvalue weighted by atomic mass is 35.5. The molecule has 6 heteroatoms. The number of aromatic nitrogens is 3. The van der Waals surface area contributed by atoms with Gasteiger partial charge in [-0.05, 0) is 30.3 Å². The van der Waals surface area contributed by atoms with Gasteiger partial charge in [-0.1, -0.05) is 11.6 Å². The van der Waals surface area contributed by atoms with E-state index in [1.165, 1.54) is 6.20 Å². The molecule has 0 radical (unpaired) electrons. The van der Waals surface area contributed by atoms with E-state index in [1.54, 1.807) is 41.2 Å². The Kier molecular flexibility index (Phi) is 2.89. The summed E-state index contributed by atoms with van der Waals surface area (Å²) >= 11 is 5.68. The van der Waals surface area contributed by atoms with E-state index in [1.807, 2.05) is 6.07 Å². The zero-order chi connectivity index (χ0) is 13.2. The van der Waals surface area contributed by atoms with Gasteiger partial charge in [0.15, 0.2) is 0 Å². The van der Waals surface area contributed by atoms with Crippen LogP contribution in [-0.2, 0) is 0 Å². The third-order valence-corrected chi connectivity index (χ3v) is 2.87. The molecule has 3 aromatic heterocycles. The van der Waals surface area contributed by atoms with Crippen LogP contribution in [0.1, 0.15) is 10.4 Å². The molecule has 5 nitrogen and oxygen atoms in total. The zero-order valence-corrected chi connectivity index (χ0v) is 10.5. The first-order valence-corrected chi connectivity index (χ1v) is 5.96. The third-order valence-electron chi connectivity index (χ3n) is 2.65. The molecule has 1 N–H and O–H groups in total. The summed E-state index contributed by atoms with van der Waals surface area (Å²) in [6.45, 7) is 0. The Morgan fingerprint density at radius 3 is 2.95 bits per heavy atom. The summed E-state index contributed by atoms with van der Waals surface area (Å²) in [6.07, 6.45) is 4.93. The molecule has 0 fully saturated rings. The van der Waals surface area contributed by atoms with Crippen molar-refractivity contribution in [3.63, 3.8) is 0 Å². The fourth-order valence-electron chi connectivity index (χ4n) is 1.72. The van der Waals surface area contributed by atoms with Crippen molar-refractivity contribution in [3.05, 3.63) is 59.6 Å². The first kappa shape index (κ1) is 11.7. The van der Waals surface area contributed by atoms with Crippen molar-refractivity contribution in [3.8, 4) is 0 Å². The number of carbonyl (C=O) groups excluding carboxylic acids is 1. The van der Waals surface area contributed by atoms with E-state index in [0.717, 1.165) is 5.52 Å². The third kappa shape index (κ3) is 2.41. The second-order valence-electron chi connectivity index (χ2n) is 3.94. The van der Waals surface area contributed by atoms with Gasteiger partial charge in [-0.3, -0.25) is 4.79 Å². The van der Waals surface area contributed by atoms with Crippen LogP contribution in [0.15, 0.2) is 48.9 Å². The fourth-order valence-corrected chi connectivity index (χ4v) is 1.83. The van der Waals surface area contributed by atoms with Gasteiger partial charge in [0.05, 0.1) is 17.4 Å². The van der Waals surface area contributed by atoms with E-state index < -0.39 is 0 Å². The van der Waals surface area contributed by atoms with E-state index in [0.29, 0.717) is 16.4 Å². The van der Waals surface area contributed by atoms with Crippen LogP contribution >= 0.6 is 11.6 Å². The van der Waals surface area contributed by atoms with Crippen molar-refractivity contribution in [1.29, 1.82) is 0 Å². The van der Waals surface area contributed by atoms with Crippen molar-refractivity contribution in [2.24, 2.45) is 0 Å². The maximum Gasteiger partial charge on any atom is 0.255 e. The predicted molar refractivity (Wildman–Crippen MR) is 72.4 cm³/mol. The van der Waals surface area contributed by atoms with Crippen LogP contribution in [0.3, 0.4) is 0 Å². The Morgan fingerprint density at radius 1 is 1.26 bits per heavy atom. The molecule has 0 unspecified atom stereocenters. The van der Waals surface area contributed by atoms with E-state index in [4.69, 9.17) is 11.6 Å². The second kappa shape index (κ2) is 4.70. The number of amides is 1. The molecular formula is C13H9ClN4O. The molecule has 3 aromatic rings. The minimum atomic E-state index is -0.201. The summed E-state index contributed by atoms with van der Waals surface area (Å²) in [4.78, 5) is 16.0. The summed E-state index contributed by atoms with van der Waals surface area (Å²) in [6, 6.07) is 8.63. The van der Waals surface area contributed by atoms with Crippen molar-refractivity contribution in [1.82, 2.24) is 14.6 Å². The Hall–Kier alpha value is -2.40. The number of pyridine rings is 2. The van der Waals surface area contributed by atoms with Crippen LogP contribution in [-0.4, -0.2) is 20.5 Å². The van der Waals surface area contributed by atoms with E-state index in [2.05, 4.69) is 15.4 Å². The van der Waals surface area contributed by atoms with Crippen LogP contribution in [0.25, 0.3) is 5.52 Å². The molecule has 19 heavy (non-hydrogen) atoms. The van der Waals surface area contributed by atoms with Gasteiger partial charge in [0, 0.05) is 18.0 Å². The maximum atomic E-state index is 12.1. The monoisotopic (exact) mass is 272 g/mol. The van der Waals surface area contributed by atoms with Gasteiger partial charge in [0.1, 0.15) is 5.15 Å². The second-order valence-corrected chi connectivity index (χ2v) is 4.33. The van der Waals surface area contributed by atoms with Gasteiger partial charge in [0.2, 0.25) is 0 Å². The minimum absolute atomic E-state index is 0.201. The molecule has 0 bridgehead atoms. The quantitative estimate of drug-likeness (QED) is 0.730. The SMILES string of the molecule is O=C(Nc1ccc(Cl)nc1)c1ccn2nccc2c1. The summed E-state index contributed by atoms with van der Waals surface area (Å²) in [5, 5.41) is 7.21. The van der Waals surface area contributed by atoms with E-state index in [9.17, 15) is 4.79 Å². The molecular weight excluding hydrogens is 264 g/mol. The lowest BCUT2D eigenvalue weighted by Crippen LogP contribution is -2.12. The van der Waals surface area contributed by atoms with Crippen LogP contribution < -0.4 is 5.32 Å². The Bertz CT molecular complexity index is 736. The van der Waals surface area contributed by atoms with Gasteiger partial charge in [-0.15, -0.1) is 0 Å². The Labute approximate surface area is 113 Å². The van der Waals surface area contributed by atoms with Crippen molar-refractivity contribution in [2.75, 3.05) is 5.32 Å². The lowest BCUT2D eigenvalue weighted by Gasteiger charge is -2.05. The van der Waals surface area contributed by atoms with Gasteiger partial charge in [-0.25, -0.2) is 9.50 Å². The van der Waals surface area contributed by atoms with Crippen LogP contribution in [0.4, 0.5) is 5.69 Å². The maximum absolute atomic E-state index is 12.1. The van der Waals surface area contributed by atoms with E-state index in [-0.39, 0.29) is 5.91 Å². The van der Waals surface area contributed by atoms with Crippen LogP contribution in [0, 0.1) is 0 Å². The lowest BCUT2D eigenvalue weighted by molar-refractivity contribution is 0.102. The number of nitrogens with one attached hydrogen (secondary N) is 1. The zero-order valence-electron chi connectivity index (χ0n) is 9.75. The predicted octanol–water partition coefficient (Wildman–Crippen LogP) is 2.64. The number of rotatable bonds is 2. The minimum Gasteiger partial charge on any atom is -0.321 e. The molecule has 3 rings (SSSR count). The number of fused-ring (bicyclic) bond motifs is 1. The number of halogens is 1. The molecule has 0 aliphatic heterocycles. The molecule has 0 aliphatic carbocycles. The molecule has 0 atom stereocenters. The summed E-state index contributed by atoms with van der Waals surface area (Å²) in [5.74, 6) is -0.201. The smallest absolute Gasteiger partial charge is 0.255 e. The summed E-state index contributed by atoms with van der Waals surface area (Å²) in [5.41, 5.74) is 2.02. The van der Waals surface area contributed by atoms with Gasteiger partial charge < -0.3 is 5.32 Å². The first-order valence-electron chi connectivity index (χ1n) is 5.59. The lowest BCUT2D eigenvalue weighted by atomic mass is 10.2. The number of nitrogens with zero attached hydrogens (tertiary/aromatic N) is 3. The molecule has 0 aromatic carbocycles. The number of hydrogen-bond donors (Lipinski definition) is 1. The van der Waals surface area contributed by atoms with Gasteiger partial charge in [-0.2, -0.15) is 5.10 Å². The molecule has 0 spiro atoms. The topological polar surface area (TPSA) is 59.3 Å². The van der Waals surface area contributed by atoms with Crippen LogP contribution in [0.5, 0.6) is 0 Å². The first-order chi connectivity index (χ1) is 9.22. The summed E-state index contributed by atoms with van der Waals surface area (Å²) < 4.78 is 1.70. The standard InChI is InChI=1S/C13H9ClN4O/c14-12-2-1-10(8-15-12)17-13(19)9-4-6-18-11(7-9)3-5-16-18/h1-8H,(H,17,19). The van der Waals surface area contributed by atoms with E-state index >= 15 is 0 Å². The number of hydrogen-bond acceptors (Lipinski definition) is 3. The Morgan fingerprint density at radius 2 is 2.16 bits per heavy atom. The number of carbonyl (C=O) groups is 1. The molecule has 3 heterocycles. The molecule has 0 saturated heterocycles. The number of anilines is 1. The highest BCUT2D eigenvalue weighted by molar-refractivity contribution is 6.29. The Balaban J connectivity index is 1.84. The normalized spacial score (nSPS) is 10.6. The van der Waals surface area contributed by atoms with Crippen molar-refractivity contribution >= 4 is 28.7 Å². The average Bonchev–Trinajstić information content (AvgIpc) is 2.88. The summed E-state index contributed by atoms with van der Waals surface area (Å²) in [7, 11) is 0. The molecule has 0 aliphatic rings. The van der Waals surface area contributed by atoms with Crippen molar-refractivity contribution in [2.45, 2.75) is 0 Å². The van der Waals surface area contributed by atoms with Gasteiger partial charge in [0.25, 0.3) is 5.91 Å². The highest BCUT2D eigenvalue weighted by Gasteiger charge is 2.07. The average molecular weight is 273 g/mol. The van der Waals surface area contributed by atoms with Crippen molar-refractivity contribution < 1.29 is 4.79 Å². The fraction of sp³-hybridized carbons (Fsp3) is 0. The largest absolute Gasteiger partial charge is 0.321 e. The molecule has 1 amide bonds. The molecule has 0 saturated carbocycles.